The molecule has 4 nitrogen and oxygen atoms in total. The molecule has 16 heavy (non-hydrogen) atoms. The smallest absolute Gasteiger partial charge is 0.349 e. The molecule has 2 aromatic rings. The van der Waals surface area contributed by atoms with Crippen LogP contribution in [0.1, 0.15) is 10.4 Å². The van der Waals surface area contributed by atoms with Crippen LogP contribution in [0, 0.1) is 0 Å². The van der Waals surface area contributed by atoms with Gasteiger partial charge in [-0.05, 0) is 18.2 Å². The van der Waals surface area contributed by atoms with E-state index < -0.39 is 11.5 Å². The highest BCUT2D eigenvalue weighted by molar-refractivity contribution is 6.38. The molecule has 0 aliphatic heterocycles. The SMILES string of the molecule is NC(=O)c1cc2cc(Cl)cc(Cl)c2oc1=O. The molecule has 0 spiro atoms. The van der Waals surface area contributed by atoms with E-state index in [0.29, 0.717) is 10.4 Å². The van der Waals surface area contributed by atoms with Gasteiger partial charge in [-0.2, -0.15) is 0 Å². The number of primary amides is 1. The Balaban J connectivity index is 2.90. The maximum Gasteiger partial charge on any atom is 0.349 e. The molecule has 0 saturated heterocycles. The second kappa shape index (κ2) is 3.81. The molecule has 82 valence electrons. The Morgan fingerprint density at radius 1 is 1.25 bits per heavy atom. The van der Waals surface area contributed by atoms with Crippen molar-refractivity contribution in [3.8, 4) is 0 Å². The number of amides is 1. The summed E-state index contributed by atoms with van der Waals surface area (Å²) in [5.74, 6) is -0.855. The van der Waals surface area contributed by atoms with Gasteiger partial charge in [0.2, 0.25) is 0 Å². The Bertz CT molecular complexity index is 648. The standard InChI is InChI=1S/C10H5Cl2NO3/c11-5-1-4-2-6(9(13)14)10(15)16-8(4)7(12)3-5/h1-3H,(H2,13,14). The first-order chi connectivity index (χ1) is 7.49. The molecule has 0 radical (unpaired) electrons. The number of halogens is 2. The number of rotatable bonds is 1. The Hall–Kier alpha value is -1.52. The largest absolute Gasteiger partial charge is 0.421 e. The van der Waals surface area contributed by atoms with E-state index in [1.54, 1.807) is 0 Å². The normalized spacial score (nSPS) is 10.6. The number of fused-ring (bicyclic) bond motifs is 1. The lowest BCUT2D eigenvalue weighted by molar-refractivity contribution is 0.0997. The van der Waals surface area contributed by atoms with Gasteiger partial charge in [-0.1, -0.05) is 23.2 Å². The van der Waals surface area contributed by atoms with E-state index in [2.05, 4.69) is 0 Å². The van der Waals surface area contributed by atoms with Gasteiger partial charge in [0, 0.05) is 10.4 Å². The van der Waals surface area contributed by atoms with Crippen LogP contribution >= 0.6 is 23.2 Å². The van der Waals surface area contributed by atoms with Gasteiger partial charge < -0.3 is 10.2 Å². The summed E-state index contributed by atoms with van der Waals surface area (Å²) in [5, 5.41) is 1.03. The number of carbonyl (C=O) groups is 1. The summed E-state index contributed by atoms with van der Waals surface area (Å²) in [6, 6.07) is 4.28. The van der Waals surface area contributed by atoms with Gasteiger partial charge in [-0.3, -0.25) is 4.79 Å². The second-order valence-electron chi connectivity index (χ2n) is 3.12. The molecule has 1 aromatic heterocycles. The Labute approximate surface area is 99.6 Å². The molecule has 0 saturated carbocycles. The first-order valence-electron chi connectivity index (χ1n) is 4.22. The van der Waals surface area contributed by atoms with Crippen LogP contribution in [-0.2, 0) is 0 Å². The van der Waals surface area contributed by atoms with E-state index in [1.807, 2.05) is 0 Å². The summed E-state index contributed by atoms with van der Waals surface area (Å²) in [4.78, 5) is 22.3. The third kappa shape index (κ3) is 1.77. The third-order valence-corrected chi connectivity index (χ3v) is 2.52. The minimum absolute atomic E-state index is 0.182. The van der Waals surface area contributed by atoms with Gasteiger partial charge in [0.1, 0.15) is 5.56 Å². The zero-order chi connectivity index (χ0) is 11.9. The fourth-order valence-corrected chi connectivity index (χ4v) is 1.88. The van der Waals surface area contributed by atoms with Crippen molar-refractivity contribution in [2.75, 3.05) is 0 Å². The van der Waals surface area contributed by atoms with Crippen LogP contribution in [0.15, 0.2) is 27.4 Å². The maximum atomic E-state index is 11.4. The van der Waals surface area contributed by atoms with Crippen LogP contribution in [0.5, 0.6) is 0 Å². The fourth-order valence-electron chi connectivity index (χ4n) is 1.33. The number of carbonyl (C=O) groups excluding carboxylic acids is 1. The summed E-state index contributed by atoms with van der Waals surface area (Å²) < 4.78 is 4.89. The lowest BCUT2D eigenvalue weighted by Crippen LogP contribution is -2.20. The van der Waals surface area contributed by atoms with Crippen molar-refractivity contribution in [3.63, 3.8) is 0 Å². The second-order valence-corrected chi connectivity index (χ2v) is 3.96. The van der Waals surface area contributed by atoms with Gasteiger partial charge in [0.05, 0.1) is 5.02 Å². The van der Waals surface area contributed by atoms with E-state index in [4.69, 9.17) is 33.4 Å². The molecule has 0 unspecified atom stereocenters. The summed E-state index contributed by atoms with van der Waals surface area (Å²) in [5.41, 5.74) is 4.15. The monoisotopic (exact) mass is 257 g/mol. The van der Waals surface area contributed by atoms with Gasteiger partial charge in [0.25, 0.3) is 5.91 Å². The lowest BCUT2D eigenvalue weighted by Gasteiger charge is -2.01. The van der Waals surface area contributed by atoms with Crippen molar-refractivity contribution in [1.29, 1.82) is 0 Å². The van der Waals surface area contributed by atoms with Gasteiger partial charge in [-0.15, -0.1) is 0 Å². The molecule has 6 heteroatoms. The van der Waals surface area contributed by atoms with Crippen molar-refractivity contribution in [2.45, 2.75) is 0 Å². The molecule has 0 aliphatic rings. The van der Waals surface area contributed by atoms with Crippen molar-refractivity contribution < 1.29 is 9.21 Å². The first-order valence-corrected chi connectivity index (χ1v) is 4.97. The highest BCUT2D eigenvalue weighted by atomic mass is 35.5. The molecular weight excluding hydrogens is 253 g/mol. The van der Waals surface area contributed by atoms with Crippen LogP contribution in [0.2, 0.25) is 10.0 Å². The Morgan fingerprint density at radius 2 is 1.94 bits per heavy atom. The molecule has 0 atom stereocenters. The summed E-state index contributed by atoms with van der Waals surface area (Å²) in [7, 11) is 0. The first kappa shape index (κ1) is 11.0. The fraction of sp³-hybridized carbons (Fsp3) is 0. The zero-order valence-corrected chi connectivity index (χ0v) is 9.30. The predicted octanol–water partition coefficient (Wildman–Crippen LogP) is 2.20. The maximum absolute atomic E-state index is 11.4. The zero-order valence-electron chi connectivity index (χ0n) is 7.79. The van der Waals surface area contributed by atoms with Crippen LogP contribution < -0.4 is 11.4 Å². The van der Waals surface area contributed by atoms with E-state index in [-0.39, 0.29) is 16.2 Å². The molecule has 1 amide bonds. The third-order valence-electron chi connectivity index (χ3n) is 2.02. The summed E-state index contributed by atoms with van der Waals surface area (Å²) in [6.07, 6.45) is 0. The molecular formula is C10H5Cl2NO3. The van der Waals surface area contributed by atoms with Crippen LogP contribution in [0.3, 0.4) is 0 Å². The van der Waals surface area contributed by atoms with Gasteiger partial charge in [-0.25, -0.2) is 4.79 Å². The Morgan fingerprint density at radius 3 is 2.56 bits per heavy atom. The number of nitrogens with two attached hydrogens (primary N) is 1. The highest BCUT2D eigenvalue weighted by Crippen LogP contribution is 2.27. The van der Waals surface area contributed by atoms with Crippen molar-refractivity contribution in [3.05, 3.63) is 44.2 Å². The lowest BCUT2D eigenvalue weighted by atomic mass is 10.2. The highest BCUT2D eigenvalue weighted by Gasteiger charge is 2.12. The van der Waals surface area contributed by atoms with Crippen molar-refractivity contribution >= 4 is 40.1 Å². The molecule has 1 heterocycles. The summed E-state index contributed by atoms with van der Waals surface area (Å²) >= 11 is 11.6. The van der Waals surface area contributed by atoms with Crippen LogP contribution in [0.4, 0.5) is 0 Å². The van der Waals surface area contributed by atoms with E-state index in [1.165, 1.54) is 18.2 Å². The van der Waals surface area contributed by atoms with E-state index >= 15 is 0 Å². The minimum atomic E-state index is -0.855. The molecule has 2 N–H and O–H groups in total. The molecule has 0 fully saturated rings. The topological polar surface area (TPSA) is 73.3 Å². The summed E-state index contributed by atoms with van der Waals surface area (Å²) in [6.45, 7) is 0. The van der Waals surface area contributed by atoms with Crippen LogP contribution in [0.25, 0.3) is 11.0 Å². The molecule has 0 bridgehead atoms. The van der Waals surface area contributed by atoms with Crippen LogP contribution in [-0.4, -0.2) is 5.91 Å². The van der Waals surface area contributed by atoms with E-state index in [9.17, 15) is 9.59 Å². The average molecular weight is 258 g/mol. The molecule has 0 aliphatic carbocycles. The number of hydrogen-bond donors (Lipinski definition) is 1. The van der Waals surface area contributed by atoms with Crippen molar-refractivity contribution in [2.24, 2.45) is 5.73 Å². The number of hydrogen-bond acceptors (Lipinski definition) is 3. The quantitative estimate of drug-likeness (QED) is 0.797. The van der Waals surface area contributed by atoms with Gasteiger partial charge in [0.15, 0.2) is 5.58 Å². The Kier molecular flexibility index (Phi) is 2.61. The van der Waals surface area contributed by atoms with Gasteiger partial charge >= 0.3 is 5.63 Å². The van der Waals surface area contributed by atoms with Crippen molar-refractivity contribution in [1.82, 2.24) is 0 Å². The van der Waals surface area contributed by atoms with E-state index in [0.717, 1.165) is 0 Å². The number of benzene rings is 1. The molecule has 2 rings (SSSR count). The predicted molar refractivity (Wildman–Crippen MR) is 61.0 cm³/mol. The molecule has 1 aromatic carbocycles. The minimum Gasteiger partial charge on any atom is -0.421 e. The average Bonchev–Trinajstić information content (AvgIpc) is 2.18.